The Bertz CT molecular complexity index is 488. The number of hydrogen-bond acceptors (Lipinski definition) is 4. The quantitative estimate of drug-likeness (QED) is 0.838. The van der Waals surface area contributed by atoms with Crippen molar-refractivity contribution in [2.75, 3.05) is 5.32 Å². The molecule has 0 unspecified atom stereocenters. The smallest absolute Gasteiger partial charge is 0.257 e. The lowest BCUT2D eigenvalue weighted by Gasteiger charge is -2.00. The molecule has 1 amide bonds. The van der Waals surface area contributed by atoms with E-state index in [1.54, 1.807) is 31.2 Å². The first-order valence-electron chi connectivity index (χ1n) is 4.69. The predicted octanol–water partition coefficient (Wildman–Crippen LogP) is 2.41. The van der Waals surface area contributed by atoms with E-state index < -0.39 is 0 Å². The van der Waals surface area contributed by atoms with Crippen LogP contribution in [-0.2, 0) is 0 Å². The number of benzene rings is 1. The van der Waals surface area contributed by atoms with Gasteiger partial charge in [0, 0.05) is 5.56 Å². The van der Waals surface area contributed by atoms with Crippen LogP contribution < -0.4 is 5.32 Å². The molecule has 1 aromatic heterocycles. The molecule has 16 heavy (non-hydrogen) atoms. The van der Waals surface area contributed by atoms with Crippen molar-refractivity contribution in [1.82, 2.24) is 4.98 Å². The zero-order chi connectivity index (χ0) is 11.5. The van der Waals surface area contributed by atoms with Crippen molar-refractivity contribution in [2.45, 2.75) is 6.92 Å². The normalized spacial score (nSPS) is 10.1. The van der Waals surface area contributed by atoms with Gasteiger partial charge in [0.2, 0.25) is 5.88 Å². The van der Waals surface area contributed by atoms with Crippen LogP contribution in [0.4, 0.5) is 5.13 Å². The van der Waals surface area contributed by atoms with Crippen molar-refractivity contribution in [3.05, 3.63) is 40.8 Å². The van der Waals surface area contributed by atoms with Crippen LogP contribution in [0.25, 0.3) is 0 Å². The minimum absolute atomic E-state index is 0.0339. The van der Waals surface area contributed by atoms with E-state index in [1.165, 1.54) is 11.3 Å². The van der Waals surface area contributed by atoms with Crippen LogP contribution in [0.3, 0.4) is 0 Å². The maximum Gasteiger partial charge on any atom is 0.257 e. The third-order valence-corrected chi connectivity index (χ3v) is 2.90. The Morgan fingerprint density at radius 1 is 1.38 bits per heavy atom. The largest absolute Gasteiger partial charge is 0.492 e. The van der Waals surface area contributed by atoms with Gasteiger partial charge in [-0.05, 0) is 19.1 Å². The van der Waals surface area contributed by atoms with Gasteiger partial charge in [-0.2, -0.15) is 4.98 Å². The molecule has 0 atom stereocenters. The van der Waals surface area contributed by atoms with E-state index in [9.17, 15) is 9.90 Å². The summed E-state index contributed by atoms with van der Waals surface area (Å²) in [4.78, 5) is 16.2. The molecule has 0 saturated carbocycles. The lowest BCUT2D eigenvalue weighted by atomic mass is 10.2. The lowest BCUT2D eigenvalue weighted by molar-refractivity contribution is 0.102. The first-order valence-corrected chi connectivity index (χ1v) is 5.51. The van der Waals surface area contributed by atoms with Crippen LogP contribution in [0.5, 0.6) is 5.88 Å². The van der Waals surface area contributed by atoms with Crippen molar-refractivity contribution < 1.29 is 9.90 Å². The standard InChI is InChI=1S/C11H10N2O2S/c1-7-9(14)12-11(16-7)13-10(15)8-5-3-2-4-6-8/h2-6,14H,1H3,(H,12,13,15). The van der Waals surface area contributed by atoms with Crippen LogP contribution in [0, 0.1) is 6.92 Å². The highest BCUT2D eigenvalue weighted by Gasteiger charge is 2.10. The summed E-state index contributed by atoms with van der Waals surface area (Å²) in [5.74, 6) is -0.261. The maximum absolute atomic E-state index is 11.7. The highest BCUT2D eigenvalue weighted by molar-refractivity contribution is 7.16. The molecule has 0 spiro atoms. The molecule has 0 bridgehead atoms. The monoisotopic (exact) mass is 234 g/mol. The molecule has 1 aromatic carbocycles. The fourth-order valence-corrected chi connectivity index (χ4v) is 1.90. The van der Waals surface area contributed by atoms with E-state index in [2.05, 4.69) is 10.3 Å². The van der Waals surface area contributed by atoms with Gasteiger partial charge in [0.15, 0.2) is 5.13 Å². The number of nitrogens with one attached hydrogen (secondary N) is 1. The van der Waals surface area contributed by atoms with Gasteiger partial charge in [-0.15, -0.1) is 0 Å². The molecule has 0 saturated heterocycles. The Kier molecular flexibility index (Phi) is 2.87. The molecule has 0 radical (unpaired) electrons. The summed E-state index contributed by atoms with van der Waals surface area (Å²) in [5.41, 5.74) is 0.565. The number of carbonyl (C=O) groups is 1. The van der Waals surface area contributed by atoms with E-state index >= 15 is 0 Å². The number of nitrogens with zero attached hydrogens (tertiary/aromatic N) is 1. The molecule has 0 aliphatic rings. The minimum atomic E-state index is -0.227. The van der Waals surface area contributed by atoms with E-state index in [4.69, 9.17) is 0 Å². The van der Waals surface area contributed by atoms with Crippen LogP contribution >= 0.6 is 11.3 Å². The summed E-state index contributed by atoms with van der Waals surface area (Å²) < 4.78 is 0. The second-order valence-corrected chi connectivity index (χ2v) is 4.42. The van der Waals surface area contributed by atoms with E-state index in [1.807, 2.05) is 6.07 Å². The average molecular weight is 234 g/mol. The molecule has 2 N–H and O–H groups in total. The first kappa shape index (κ1) is 10.6. The Balaban J connectivity index is 2.14. The zero-order valence-electron chi connectivity index (χ0n) is 8.60. The molecule has 4 nitrogen and oxygen atoms in total. The summed E-state index contributed by atoms with van der Waals surface area (Å²) in [6, 6.07) is 8.86. The Labute approximate surface area is 96.6 Å². The van der Waals surface area contributed by atoms with Crippen molar-refractivity contribution in [3.63, 3.8) is 0 Å². The molecule has 82 valence electrons. The molecular formula is C11H10N2O2S. The number of rotatable bonds is 2. The van der Waals surface area contributed by atoms with Crippen LogP contribution in [0.2, 0.25) is 0 Å². The third-order valence-electron chi connectivity index (χ3n) is 2.03. The number of hydrogen-bond donors (Lipinski definition) is 2. The van der Waals surface area contributed by atoms with Crippen molar-refractivity contribution in [1.29, 1.82) is 0 Å². The fraction of sp³-hybridized carbons (Fsp3) is 0.0909. The maximum atomic E-state index is 11.7. The minimum Gasteiger partial charge on any atom is -0.492 e. The Morgan fingerprint density at radius 2 is 2.06 bits per heavy atom. The second kappa shape index (κ2) is 4.32. The Morgan fingerprint density at radius 3 is 2.62 bits per heavy atom. The molecule has 2 aromatic rings. The van der Waals surface area contributed by atoms with E-state index in [-0.39, 0.29) is 11.8 Å². The van der Waals surface area contributed by atoms with Gasteiger partial charge in [-0.3, -0.25) is 10.1 Å². The van der Waals surface area contributed by atoms with Crippen LogP contribution in [0.15, 0.2) is 30.3 Å². The summed E-state index contributed by atoms with van der Waals surface area (Å²) in [6.45, 7) is 1.74. The molecule has 0 fully saturated rings. The number of amides is 1. The number of aryl methyl sites for hydroxylation is 1. The summed E-state index contributed by atoms with van der Waals surface area (Å²) in [6.07, 6.45) is 0. The third kappa shape index (κ3) is 2.20. The van der Waals surface area contributed by atoms with Crippen molar-refractivity contribution in [2.24, 2.45) is 0 Å². The summed E-state index contributed by atoms with van der Waals surface area (Å²) in [5, 5.41) is 12.3. The van der Waals surface area contributed by atoms with E-state index in [0.717, 1.165) is 0 Å². The van der Waals surface area contributed by atoms with Gasteiger partial charge in [-0.25, -0.2) is 0 Å². The summed E-state index contributed by atoms with van der Waals surface area (Å²) >= 11 is 1.24. The molecule has 0 aliphatic carbocycles. The first-order chi connectivity index (χ1) is 7.66. The molecule has 1 heterocycles. The number of aromatic nitrogens is 1. The number of thiazole rings is 1. The molecule has 5 heteroatoms. The number of anilines is 1. The molecule has 2 rings (SSSR count). The molecular weight excluding hydrogens is 224 g/mol. The highest BCUT2D eigenvalue weighted by atomic mass is 32.1. The lowest BCUT2D eigenvalue weighted by Crippen LogP contribution is -2.11. The Hall–Kier alpha value is -1.88. The predicted molar refractivity (Wildman–Crippen MR) is 62.9 cm³/mol. The zero-order valence-corrected chi connectivity index (χ0v) is 9.41. The van der Waals surface area contributed by atoms with E-state index in [0.29, 0.717) is 15.6 Å². The number of aromatic hydroxyl groups is 1. The van der Waals surface area contributed by atoms with Crippen molar-refractivity contribution >= 4 is 22.4 Å². The number of carbonyl (C=O) groups excluding carboxylic acids is 1. The summed E-state index contributed by atoms with van der Waals surface area (Å²) in [7, 11) is 0. The highest BCUT2D eigenvalue weighted by Crippen LogP contribution is 2.26. The molecule has 0 aliphatic heterocycles. The van der Waals surface area contributed by atoms with Crippen molar-refractivity contribution in [3.8, 4) is 5.88 Å². The van der Waals surface area contributed by atoms with Gasteiger partial charge >= 0.3 is 0 Å². The van der Waals surface area contributed by atoms with Gasteiger partial charge in [-0.1, -0.05) is 29.5 Å². The van der Waals surface area contributed by atoms with Crippen LogP contribution in [0.1, 0.15) is 15.2 Å². The van der Waals surface area contributed by atoms with Gasteiger partial charge < -0.3 is 5.11 Å². The average Bonchev–Trinajstić information content (AvgIpc) is 2.59. The van der Waals surface area contributed by atoms with Gasteiger partial charge in [0.05, 0.1) is 4.88 Å². The van der Waals surface area contributed by atoms with Crippen LogP contribution in [-0.4, -0.2) is 16.0 Å². The topological polar surface area (TPSA) is 62.2 Å². The fourth-order valence-electron chi connectivity index (χ4n) is 1.20. The van der Waals surface area contributed by atoms with Gasteiger partial charge in [0.25, 0.3) is 5.91 Å². The second-order valence-electron chi connectivity index (χ2n) is 3.22. The van der Waals surface area contributed by atoms with Gasteiger partial charge in [0.1, 0.15) is 0 Å². The SMILES string of the molecule is Cc1sc(NC(=O)c2ccccc2)nc1O.